The maximum Gasteiger partial charge on any atom is 0.177 e. The fraction of sp³-hybridized carbons (Fsp3) is 0.667. The lowest BCUT2D eigenvalue weighted by Gasteiger charge is -2.07. The molecule has 1 aromatic rings. The number of thioether (sulfide) groups is 1. The van der Waals surface area contributed by atoms with Crippen LogP contribution in [0.3, 0.4) is 0 Å². The van der Waals surface area contributed by atoms with Crippen LogP contribution >= 0.6 is 27.7 Å². The van der Waals surface area contributed by atoms with Gasteiger partial charge in [-0.15, -0.1) is 0 Å². The molecule has 0 radical (unpaired) electrons. The van der Waals surface area contributed by atoms with Gasteiger partial charge in [0.15, 0.2) is 4.73 Å². The van der Waals surface area contributed by atoms with E-state index in [4.69, 9.17) is 0 Å². The molecule has 0 aliphatic rings. The quantitative estimate of drug-likeness (QED) is 0.829. The third-order valence-electron chi connectivity index (χ3n) is 1.77. The monoisotopic (exact) mass is 262 g/mol. The molecule has 2 nitrogen and oxygen atoms in total. The van der Waals surface area contributed by atoms with Gasteiger partial charge >= 0.3 is 0 Å². The molecular weight excluding hydrogens is 248 g/mol. The molecule has 1 rings (SSSR count). The lowest BCUT2D eigenvalue weighted by molar-refractivity contribution is 0.714. The Morgan fingerprint density at radius 3 is 2.85 bits per heavy atom. The molecule has 13 heavy (non-hydrogen) atoms. The third-order valence-corrected chi connectivity index (χ3v) is 3.53. The van der Waals surface area contributed by atoms with E-state index in [1.54, 1.807) is 0 Å². The zero-order valence-corrected chi connectivity index (χ0v) is 10.7. The van der Waals surface area contributed by atoms with Gasteiger partial charge in [-0.25, -0.2) is 4.98 Å². The molecule has 0 bridgehead atoms. The predicted molar refractivity (Wildman–Crippen MR) is 62.0 cm³/mol. The smallest absolute Gasteiger partial charge is 0.177 e. The highest BCUT2D eigenvalue weighted by Gasteiger charge is 2.06. The number of imidazole rings is 1. The number of halogens is 1. The minimum absolute atomic E-state index is 0.680. The second-order valence-electron chi connectivity index (χ2n) is 3.12. The Morgan fingerprint density at radius 2 is 2.31 bits per heavy atom. The molecule has 0 fully saturated rings. The number of aromatic nitrogens is 2. The van der Waals surface area contributed by atoms with E-state index in [1.165, 1.54) is 5.69 Å². The van der Waals surface area contributed by atoms with Crippen LogP contribution in [-0.4, -0.2) is 14.8 Å². The normalized spacial score (nSPS) is 11.2. The largest absolute Gasteiger partial charge is 0.322 e. The third kappa shape index (κ3) is 3.02. The molecule has 74 valence electrons. The zero-order chi connectivity index (χ0) is 9.84. The number of rotatable bonds is 4. The van der Waals surface area contributed by atoms with E-state index in [0.717, 1.165) is 17.0 Å². The molecule has 0 saturated heterocycles. The molecule has 0 aliphatic carbocycles. The minimum atomic E-state index is 0.680. The van der Waals surface area contributed by atoms with Crippen molar-refractivity contribution >= 4 is 27.7 Å². The van der Waals surface area contributed by atoms with Crippen molar-refractivity contribution in [2.45, 2.75) is 38.3 Å². The highest BCUT2D eigenvalue weighted by atomic mass is 79.9. The van der Waals surface area contributed by atoms with Crippen LogP contribution in [0.25, 0.3) is 0 Å². The Hall–Kier alpha value is 0.0400. The van der Waals surface area contributed by atoms with E-state index in [2.05, 4.69) is 46.3 Å². The Bertz CT molecular complexity index is 271. The van der Waals surface area contributed by atoms with E-state index < -0.39 is 0 Å². The maximum absolute atomic E-state index is 4.23. The van der Waals surface area contributed by atoms with Crippen molar-refractivity contribution in [2.24, 2.45) is 0 Å². The van der Waals surface area contributed by atoms with Crippen LogP contribution in [0, 0.1) is 0 Å². The average Bonchev–Trinajstić information content (AvgIpc) is 2.42. The summed E-state index contributed by atoms with van der Waals surface area (Å²) < 4.78 is 3.13. The molecule has 0 spiro atoms. The van der Waals surface area contributed by atoms with Crippen LogP contribution in [0.4, 0.5) is 0 Å². The van der Waals surface area contributed by atoms with E-state index in [-0.39, 0.29) is 0 Å². The van der Waals surface area contributed by atoms with Gasteiger partial charge in [-0.05, 0) is 28.1 Å². The molecule has 1 aromatic heterocycles. The molecule has 0 aromatic carbocycles. The van der Waals surface area contributed by atoms with Gasteiger partial charge in [0, 0.05) is 18.0 Å². The lowest BCUT2D eigenvalue weighted by Crippen LogP contribution is -2.00. The summed E-state index contributed by atoms with van der Waals surface area (Å²) in [5.74, 6) is 1.05. The molecular formula is C9H15BrN2S. The van der Waals surface area contributed by atoms with Gasteiger partial charge in [-0.2, -0.15) is 11.8 Å². The second-order valence-corrected chi connectivity index (χ2v) is 5.40. The summed E-state index contributed by atoms with van der Waals surface area (Å²) in [7, 11) is 0. The maximum atomic E-state index is 4.23. The summed E-state index contributed by atoms with van der Waals surface area (Å²) >= 11 is 5.37. The molecule has 0 unspecified atom stereocenters. The van der Waals surface area contributed by atoms with Crippen molar-refractivity contribution in [3.05, 3.63) is 16.6 Å². The van der Waals surface area contributed by atoms with Gasteiger partial charge in [0.05, 0.1) is 6.20 Å². The Kier molecular flexibility index (Phi) is 4.32. The molecule has 0 atom stereocenters. The van der Waals surface area contributed by atoms with Gasteiger partial charge in [0.2, 0.25) is 0 Å². The van der Waals surface area contributed by atoms with Gasteiger partial charge in [-0.3, -0.25) is 0 Å². The van der Waals surface area contributed by atoms with Crippen molar-refractivity contribution in [2.75, 3.05) is 0 Å². The average molecular weight is 263 g/mol. The first-order chi connectivity index (χ1) is 6.15. The molecule has 0 aliphatic heterocycles. The van der Waals surface area contributed by atoms with Gasteiger partial charge in [0.25, 0.3) is 0 Å². The molecule has 0 amide bonds. The van der Waals surface area contributed by atoms with Crippen molar-refractivity contribution in [1.29, 1.82) is 0 Å². The molecule has 1 heterocycles. The van der Waals surface area contributed by atoms with Crippen LogP contribution in [0.1, 0.15) is 26.5 Å². The number of hydrogen-bond acceptors (Lipinski definition) is 2. The SMILES string of the molecule is CCn1c(CSC(C)C)cnc1Br. The summed E-state index contributed by atoms with van der Waals surface area (Å²) in [4.78, 5) is 4.23. The highest BCUT2D eigenvalue weighted by Crippen LogP contribution is 2.20. The van der Waals surface area contributed by atoms with Crippen molar-refractivity contribution in [3.63, 3.8) is 0 Å². The molecule has 4 heteroatoms. The Labute approximate surface area is 92.3 Å². The van der Waals surface area contributed by atoms with E-state index in [1.807, 2.05) is 18.0 Å². The van der Waals surface area contributed by atoms with Crippen LogP contribution in [0.5, 0.6) is 0 Å². The van der Waals surface area contributed by atoms with Gasteiger partial charge in [-0.1, -0.05) is 13.8 Å². The summed E-state index contributed by atoms with van der Waals surface area (Å²) in [6.07, 6.45) is 1.95. The van der Waals surface area contributed by atoms with E-state index in [0.29, 0.717) is 5.25 Å². The number of hydrogen-bond donors (Lipinski definition) is 0. The highest BCUT2D eigenvalue weighted by molar-refractivity contribution is 9.10. The summed E-state index contributed by atoms with van der Waals surface area (Å²) in [6, 6.07) is 0. The first-order valence-corrected chi connectivity index (χ1v) is 6.30. The van der Waals surface area contributed by atoms with Crippen LogP contribution in [-0.2, 0) is 12.3 Å². The van der Waals surface area contributed by atoms with Crippen LogP contribution in [0.15, 0.2) is 10.9 Å². The van der Waals surface area contributed by atoms with Crippen molar-refractivity contribution in [1.82, 2.24) is 9.55 Å². The fourth-order valence-corrected chi connectivity index (χ4v) is 2.40. The van der Waals surface area contributed by atoms with Crippen molar-refractivity contribution in [3.8, 4) is 0 Å². The van der Waals surface area contributed by atoms with Crippen molar-refractivity contribution < 1.29 is 0 Å². The Balaban J connectivity index is 2.65. The Morgan fingerprint density at radius 1 is 1.62 bits per heavy atom. The summed E-state index contributed by atoms with van der Waals surface area (Å²) in [6.45, 7) is 7.54. The topological polar surface area (TPSA) is 17.8 Å². The van der Waals surface area contributed by atoms with Gasteiger partial charge < -0.3 is 4.57 Å². The lowest BCUT2D eigenvalue weighted by atomic mass is 10.5. The van der Waals surface area contributed by atoms with Gasteiger partial charge in [0.1, 0.15) is 0 Å². The first-order valence-electron chi connectivity index (χ1n) is 4.46. The predicted octanol–water partition coefficient (Wildman–Crippen LogP) is 3.31. The van der Waals surface area contributed by atoms with Crippen LogP contribution in [0.2, 0.25) is 0 Å². The van der Waals surface area contributed by atoms with Crippen LogP contribution < -0.4 is 0 Å². The minimum Gasteiger partial charge on any atom is -0.322 e. The number of nitrogens with zero attached hydrogens (tertiary/aromatic N) is 2. The first kappa shape index (κ1) is 11.1. The van der Waals surface area contributed by atoms with E-state index >= 15 is 0 Å². The molecule has 0 saturated carbocycles. The summed E-state index contributed by atoms with van der Waals surface area (Å²) in [5, 5.41) is 0.680. The second kappa shape index (κ2) is 5.05. The zero-order valence-electron chi connectivity index (χ0n) is 8.25. The van der Waals surface area contributed by atoms with E-state index in [9.17, 15) is 0 Å². The fourth-order valence-electron chi connectivity index (χ4n) is 1.09. The molecule has 0 N–H and O–H groups in total. The summed E-state index contributed by atoms with van der Waals surface area (Å²) in [5.41, 5.74) is 1.30. The standard InChI is InChI=1S/C9H15BrN2S/c1-4-12-8(5-11-9(12)10)6-13-7(2)3/h5,7H,4,6H2,1-3H3.